The van der Waals surface area contributed by atoms with Gasteiger partial charge in [-0.1, -0.05) is 175 Å². The Morgan fingerprint density at radius 1 is 0.589 bits per heavy atom. The molecule has 1 aliphatic heterocycles. The Bertz CT molecular complexity index is 1240. The van der Waals surface area contributed by atoms with Gasteiger partial charge in [0.05, 0.1) is 0 Å². The van der Waals surface area contributed by atoms with Crippen LogP contribution in [0.3, 0.4) is 0 Å². The molecule has 0 aromatic carbocycles. The van der Waals surface area contributed by atoms with Gasteiger partial charge in [0.15, 0.2) is 18.4 Å². The van der Waals surface area contributed by atoms with Crippen LogP contribution < -0.4 is 11.4 Å². The molecule has 0 aliphatic carbocycles. The fourth-order valence-electron chi connectivity index (χ4n) is 7.36. The highest BCUT2D eigenvalue weighted by molar-refractivity contribution is 5.71. The molecule has 1 aromatic rings. The number of anilines is 1. The highest BCUT2D eigenvalue weighted by Gasteiger charge is 2.51. The van der Waals surface area contributed by atoms with Crippen molar-refractivity contribution in [1.29, 1.82) is 0 Å². The first-order valence-electron chi connectivity index (χ1n) is 22.8. The number of aromatic nitrogens is 2. The molecule has 0 bridgehead atoms. The minimum absolute atomic E-state index is 0.0362. The molecule has 2 rings (SSSR count). The number of nitrogen functional groups attached to an aromatic ring is 1. The Kier molecular flexibility index (Phi) is 28.2. The highest BCUT2D eigenvalue weighted by atomic mass is 16.7. The van der Waals surface area contributed by atoms with Crippen LogP contribution in [0.15, 0.2) is 17.1 Å². The molecule has 1 saturated heterocycles. The lowest BCUT2D eigenvalue weighted by molar-refractivity contribution is -0.169. The van der Waals surface area contributed by atoms with E-state index in [1.165, 1.54) is 120 Å². The number of hydrogen-bond donors (Lipinski definition) is 1. The predicted octanol–water partition coefficient (Wildman–Crippen LogP) is 10.9. The molecule has 11 heteroatoms. The van der Waals surface area contributed by atoms with Gasteiger partial charge in [0, 0.05) is 25.5 Å². The quantitative estimate of drug-likeness (QED) is 0.0400. The van der Waals surface area contributed by atoms with Crippen molar-refractivity contribution in [1.82, 2.24) is 9.55 Å². The Morgan fingerprint density at radius 2 is 0.964 bits per heavy atom. The van der Waals surface area contributed by atoms with E-state index in [-0.39, 0.29) is 37.7 Å². The van der Waals surface area contributed by atoms with Crippen molar-refractivity contribution in [3.8, 4) is 0 Å². The molecule has 1 fully saturated rings. The molecule has 322 valence electrons. The first kappa shape index (κ1) is 49.2. The van der Waals surface area contributed by atoms with E-state index in [1.807, 2.05) is 0 Å². The summed E-state index contributed by atoms with van der Waals surface area (Å²) in [6.07, 6.45) is 27.9. The summed E-state index contributed by atoms with van der Waals surface area (Å²) in [6.45, 7) is 6.43. The van der Waals surface area contributed by atoms with Gasteiger partial charge in [-0.25, -0.2) is 4.79 Å². The molecule has 0 radical (unpaired) electrons. The molecule has 0 amide bonds. The molecule has 0 spiro atoms. The fraction of sp³-hybridized carbons (Fsp3) is 0.844. The number of esters is 3. The Hall–Kier alpha value is -2.95. The summed E-state index contributed by atoms with van der Waals surface area (Å²) in [6, 6.07) is 1.45. The average molecular weight is 790 g/mol. The van der Waals surface area contributed by atoms with Crippen LogP contribution in [0.1, 0.15) is 220 Å². The third-order valence-electron chi connectivity index (χ3n) is 10.8. The number of carbonyl (C=O) groups is 3. The largest absolute Gasteiger partial charge is 0.463 e. The fourth-order valence-corrected chi connectivity index (χ4v) is 7.36. The summed E-state index contributed by atoms with van der Waals surface area (Å²) in [5.74, 6) is -1.25. The van der Waals surface area contributed by atoms with Crippen molar-refractivity contribution in [3.05, 3.63) is 22.7 Å². The standard InChI is InChI=1S/C45H79N3O8/c1-4-7-10-13-16-19-22-25-28-31-39(49)53-36-37-42(55-40(50)32-29-26-23-20-17-14-11-8-5-2)43(44(54-37)48-35-34-38(46)47-45(48)52)56-41(51)33-30-27-24-21-18-15-12-9-6-3/h34-35,37,42-44H,4-33,36H2,1-3H3,(H2,46,47,52)/t37-,42-,43-,44-/m1/s1. The van der Waals surface area contributed by atoms with Crippen molar-refractivity contribution in [2.24, 2.45) is 0 Å². The van der Waals surface area contributed by atoms with Crippen LogP contribution in [0.25, 0.3) is 0 Å². The second kappa shape index (κ2) is 32.1. The number of ether oxygens (including phenoxy) is 4. The molecule has 2 N–H and O–H groups in total. The summed E-state index contributed by atoms with van der Waals surface area (Å²) < 4.78 is 25.2. The van der Waals surface area contributed by atoms with E-state index in [2.05, 4.69) is 25.8 Å². The number of hydrogen-bond acceptors (Lipinski definition) is 10. The van der Waals surface area contributed by atoms with Gasteiger partial charge in [-0.3, -0.25) is 19.0 Å². The van der Waals surface area contributed by atoms with E-state index >= 15 is 0 Å². The van der Waals surface area contributed by atoms with Crippen molar-refractivity contribution in [2.75, 3.05) is 12.3 Å². The van der Waals surface area contributed by atoms with Crippen molar-refractivity contribution in [3.63, 3.8) is 0 Å². The van der Waals surface area contributed by atoms with E-state index in [0.717, 1.165) is 57.8 Å². The number of unbranched alkanes of at least 4 members (excludes halogenated alkanes) is 24. The molecule has 0 saturated carbocycles. The molecule has 11 nitrogen and oxygen atoms in total. The first-order valence-corrected chi connectivity index (χ1v) is 22.8. The molecular formula is C45H79N3O8. The molecule has 4 atom stereocenters. The van der Waals surface area contributed by atoms with Gasteiger partial charge in [0.1, 0.15) is 18.5 Å². The SMILES string of the molecule is CCCCCCCCCCCC(=O)OC[C@H]1O[C@@H](n2ccc(N)nc2=O)[C@H](OC(=O)CCCCCCCCCCC)[C@@H]1OC(=O)CCCCCCCCCCC. The van der Waals surface area contributed by atoms with Crippen LogP contribution in [0.2, 0.25) is 0 Å². The maximum absolute atomic E-state index is 13.3. The third-order valence-corrected chi connectivity index (χ3v) is 10.8. The summed E-state index contributed by atoms with van der Waals surface area (Å²) in [5, 5.41) is 0. The molecule has 1 aromatic heterocycles. The minimum Gasteiger partial charge on any atom is -0.463 e. The van der Waals surface area contributed by atoms with Crippen LogP contribution in [0.5, 0.6) is 0 Å². The van der Waals surface area contributed by atoms with E-state index in [4.69, 9.17) is 24.7 Å². The van der Waals surface area contributed by atoms with Gasteiger partial charge >= 0.3 is 23.6 Å². The zero-order valence-electron chi connectivity index (χ0n) is 35.6. The van der Waals surface area contributed by atoms with Crippen LogP contribution in [0, 0.1) is 0 Å². The van der Waals surface area contributed by atoms with Gasteiger partial charge in [-0.15, -0.1) is 0 Å². The average Bonchev–Trinajstić information content (AvgIpc) is 3.50. The van der Waals surface area contributed by atoms with E-state index in [0.29, 0.717) is 12.8 Å². The smallest absolute Gasteiger partial charge is 0.351 e. The summed E-state index contributed by atoms with van der Waals surface area (Å²) >= 11 is 0. The van der Waals surface area contributed by atoms with E-state index < -0.39 is 42.2 Å². The van der Waals surface area contributed by atoms with E-state index in [1.54, 1.807) is 0 Å². The lowest BCUT2D eigenvalue weighted by atomic mass is 10.1. The number of nitrogens with zero attached hydrogens (tertiary/aromatic N) is 2. The summed E-state index contributed by atoms with van der Waals surface area (Å²) in [7, 11) is 0. The molecule has 0 unspecified atom stereocenters. The van der Waals surface area contributed by atoms with Crippen molar-refractivity contribution in [2.45, 2.75) is 238 Å². The zero-order chi connectivity index (χ0) is 40.6. The third kappa shape index (κ3) is 22.1. The van der Waals surface area contributed by atoms with Crippen molar-refractivity contribution < 1.29 is 33.3 Å². The molecular weight excluding hydrogens is 711 g/mol. The highest BCUT2D eigenvalue weighted by Crippen LogP contribution is 2.34. The van der Waals surface area contributed by atoms with Gasteiger partial charge in [-0.05, 0) is 25.3 Å². The maximum atomic E-state index is 13.3. The first-order chi connectivity index (χ1) is 27.3. The Labute approximate surface area is 338 Å². The Morgan fingerprint density at radius 3 is 1.38 bits per heavy atom. The van der Waals surface area contributed by atoms with Crippen LogP contribution in [-0.4, -0.2) is 52.4 Å². The van der Waals surface area contributed by atoms with Gasteiger partial charge < -0.3 is 24.7 Å². The lowest BCUT2D eigenvalue weighted by Gasteiger charge is -2.25. The molecule has 56 heavy (non-hydrogen) atoms. The predicted molar refractivity (Wildman–Crippen MR) is 223 cm³/mol. The van der Waals surface area contributed by atoms with Crippen LogP contribution in [0.4, 0.5) is 5.82 Å². The number of carbonyl (C=O) groups excluding carboxylic acids is 3. The second-order valence-corrected chi connectivity index (χ2v) is 15.9. The normalized spacial score (nSPS) is 17.9. The van der Waals surface area contributed by atoms with Gasteiger partial charge in [0.2, 0.25) is 0 Å². The summed E-state index contributed by atoms with van der Waals surface area (Å²) in [4.78, 5) is 56.4. The maximum Gasteiger partial charge on any atom is 0.351 e. The van der Waals surface area contributed by atoms with Gasteiger partial charge in [-0.2, -0.15) is 4.98 Å². The topological polar surface area (TPSA) is 149 Å². The number of nitrogens with two attached hydrogens (primary N) is 1. The second-order valence-electron chi connectivity index (χ2n) is 15.9. The molecule has 1 aliphatic rings. The van der Waals surface area contributed by atoms with E-state index in [9.17, 15) is 19.2 Å². The Balaban J connectivity index is 2.06. The van der Waals surface area contributed by atoms with Crippen molar-refractivity contribution >= 4 is 23.7 Å². The molecule has 2 heterocycles. The van der Waals surface area contributed by atoms with Crippen LogP contribution >= 0.6 is 0 Å². The van der Waals surface area contributed by atoms with Crippen LogP contribution in [-0.2, 0) is 33.3 Å². The van der Waals surface area contributed by atoms with Gasteiger partial charge in [0.25, 0.3) is 0 Å². The monoisotopic (exact) mass is 790 g/mol. The number of rotatable bonds is 35. The zero-order valence-corrected chi connectivity index (χ0v) is 35.6. The summed E-state index contributed by atoms with van der Waals surface area (Å²) in [5.41, 5.74) is 5.08. The lowest BCUT2D eigenvalue weighted by Crippen LogP contribution is -2.42. The minimum atomic E-state index is -1.16.